The van der Waals surface area contributed by atoms with E-state index in [1.54, 1.807) is 44.2 Å². The molecule has 0 spiro atoms. The number of aryl methyl sites for hydroxylation is 1. The minimum atomic E-state index is -4.15. The van der Waals surface area contributed by atoms with Crippen molar-refractivity contribution in [3.05, 3.63) is 62.9 Å². The summed E-state index contributed by atoms with van der Waals surface area (Å²) < 4.78 is 36.7. The predicted molar refractivity (Wildman–Crippen MR) is 125 cm³/mol. The molecule has 1 aliphatic heterocycles. The van der Waals surface area contributed by atoms with E-state index in [9.17, 15) is 24.1 Å². The molecule has 3 N–H and O–H groups in total. The van der Waals surface area contributed by atoms with E-state index >= 15 is 0 Å². The minimum Gasteiger partial charge on any atom is -0.462 e. The highest BCUT2D eigenvalue weighted by atomic mass is 31.2. The zero-order valence-electron chi connectivity index (χ0n) is 19.9. The Morgan fingerprint density at radius 3 is 2.63 bits per heavy atom. The first-order chi connectivity index (χ1) is 16.5. The van der Waals surface area contributed by atoms with Gasteiger partial charge in [0, 0.05) is 18.2 Å². The molecule has 1 aromatic carbocycles. The summed E-state index contributed by atoms with van der Waals surface area (Å²) in [4.78, 5) is 38.2. The van der Waals surface area contributed by atoms with Gasteiger partial charge in [-0.2, -0.15) is 5.09 Å². The van der Waals surface area contributed by atoms with Gasteiger partial charge < -0.3 is 19.1 Å². The molecule has 3 rings (SSSR count). The number of ether oxygens (including phenoxy) is 2. The van der Waals surface area contributed by atoms with Gasteiger partial charge in [0.05, 0.1) is 18.8 Å². The molecule has 35 heavy (non-hydrogen) atoms. The van der Waals surface area contributed by atoms with Crippen molar-refractivity contribution in [2.75, 3.05) is 6.61 Å². The van der Waals surface area contributed by atoms with Crippen molar-refractivity contribution in [3.8, 4) is 5.75 Å². The van der Waals surface area contributed by atoms with Crippen LogP contribution in [0.1, 0.15) is 39.0 Å². The van der Waals surface area contributed by atoms with Gasteiger partial charge in [-0.25, -0.2) is 9.36 Å². The summed E-state index contributed by atoms with van der Waals surface area (Å²) in [7, 11) is -4.15. The molecule has 2 aromatic rings. The molecular formula is C22H30N3O9P. The van der Waals surface area contributed by atoms with Crippen molar-refractivity contribution in [3.63, 3.8) is 0 Å². The van der Waals surface area contributed by atoms with Gasteiger partial charge in [0.1, 0.15) is 24.1 Å². The van der Waals surface area contributed by atoms with Crippen LogP contribution in [0.15, 0.2) is 46.1 Å². The van der Waals surface area contributed by atoms with Gasteiger partial charge in [-0.3, -0.25) is 23.7 Å². The summed E-state index contributed by atoms with van der Waals surface area (Å²) in [5.74, 6) is -0.417. The van der Waals surface area contributed by atoms with Gasteiger partial charge in [-0.15, -0.1) is 0 Å². The molecule has 5 atom stereocenters. The zero-order valence-corrected chi connectivity index (χ0v) is 20.8. The van der Waals surface area contributed by atoms with Crippen molar-refractivity contribution >= 4 is 13.7 Å². The number of aromatic nitrogens is 2. The summed E-state index contributed by atoms with van der Waals surface area (Å²) in [6, 6.07) is 7.20. The molecule has 13 heteroatoms. The van der Waals surface area contributed by atoms with E-state index < -0.39 is 49.4 Å². The highest BCUT2D eigenvalue weighted by molar-refractivity contribution is 7.52. The summed E-state index contributed by atoms with van der Waals surface area (Å²) >= 11 is 0. The minimum absolute atomic E-state index is 0.0355. The topological polar surface area (TPSA) is 158 Å². The number of carbonyl (C=O) groups is 1. The van der Waals surface area contributed by atoms with E-state index in [0.717, 1.165) is 0 Å². The monoisotopic (exact) mass is 511 g/mol. The number of carbonyl (C=O) groups excluding carboxylic acids is 1. The lowest BCUT2D eigenvalue weighted by Gasteiger charge is -2.25. The molecule has 0 aliphatic carbocycles. The van der Waals surface area contributed by atoms with Gasteiger partial charge in [-0.05, 0) is 39.8 Å². The Morgan fingerprint density at radius 2 is 1.97 bits per heavy atom. The van der Waals surface area contributed by atoms with Crippen LogP contribution in [0, 0.1) is 6.92 Å². The fourth-order valence-electron chi connectivity index (χ4n) is 3.34. The Morgan fingerprint density at radius 1 is 1.29 bits per heavy atom. The van der Waals surface area contributed by atoms with Gasteiger partial charge >= 0.3 is 19.4 Å². The van der Waals surface area contributed by atoms with Gasteiger partial charge in [-0.1, -0.05) is 18.2 Å². The first kappa shape index (κ1) is 26.8. The van der Waals surface area contributed by atoms with Crippen LogP contribution >= 0.6 is 7.75 Å². The van der Waals surface area contributed by atoms with Crippen LogP contribution < -0.4 is 20.9 Å². The fourth-order valence-corrected chi connectivity index (χ4v) is 4.84. The molecule has 0 saturated carbocycles. The molecule has 1 aromatic heterocycles. The number of hydrogen-bond acceptors (Lipinski definition) is 9. The van der Waals surface area contributed by atoms with Gasteiger partial charge in [0.15, 0.2) is 0 Å². The molecule has 2 unspecified atom stereocenters. The normalized spacial score (nSPS) is 22.5. The second-order valence-electron chi connectivity index (χ2n) is 8.44. The zero-order chi connectivity index (χ0) is 25.8. The molecule has 192 valence electrons. The maximum Gasteiger partial charge on any atom is 0.459 e. The van der Waals surface area contributed by atoms with Gasteiger partial charge in [0.25, 0.3) is 5.56 Å². The van der Waals surface area contributed by atoms with E-state index in [4.69, 9.17) is 18.5 Å². The number of aromatic amines is 1. The van der Waals surface area contributed by atoms with Crippen molar-refractivity contribution in [1.82, 2.24) is 14.6 Å². The molecule has 12 nitrogen and oxygen atoms in total. The molecule has 2 heterocycles. The number of rotatable bonds is 10. The van der Waals surface area contributed by atoms with Crippen LogP contribution in [0.25, 0.3) is 0 Å². The number of hydrogen-bond donors (Lipinski definition) is 3. The Labute approximate surface area is 201 Å². The second-order valence-corrected chi connectivity index (χ2v) is 10.1. The van der Waals surface area contributed by atoms with E-state index in [1.807, 2.05) is 0 Å². The number of H-pyrrole nitrogens is 1. The predicted octanol–water partition coefficient (Wildman–Crippen LogP) is 1.63. The van der Waals surface area contributed by atoms with Crippen molar-refractivity contribution in [2.45, 2.75) is 64.7 Å². The highest BCUT2D eigenvalue weighted by Gasteiger charge is 2.39. The fraction of sp³-hybridized carbons (Fsp3) is 0.500. The molecule has 1 aliphatic rings. The third kappa shape index (κ3) is 7.12. The maximum absolute atomic E-state index is 13.5. The number of nitrogens with zero attached hydrogens (tertiary/aromatic N) is 1. The summed E-state index contributed by atoms with van der Waals surface area (Å²) in [6.07, 6.45) is -1.90. The van der Waals surface area contributed by atoms with Crippen LogP contribution in [0.5, 0.6) is 5.75 Å². The highest BCUT2D eigenvalue weighted by Crippen LogP contribution is 2.45. The Bertz CT molecular complexity index is 1180. The van der Waals surface area contributed by atoms with Crippen molar-refractivity contribution in [2.24, 2.45) is 0 Å². The lowest BCUT2D eigenvalue weighted by Crippen LogP contribution is -2.37. The lowest BCUT2D eigenvalue weighted by atomic mass is 10.2. The number of nitrogens with one attached hydrogen (secondary N) is 2. The van der Waals surface area contributed by atoms with Crippen molar-refractivity contribution < 1.29 is 33.0 Å². The molecule has 0 bridgehead atoms. The summed E-state index contributed by atoms with van der Waals surface area (Å²) in [5.41, 5.74) is -0.897. The Balaban J connectivity index is 1.73. The molecular weight excluding hydrogens is 481 g/mol. The Hall–Kier alpha value is -2.76. The average molecular weight is 511 g/mol. The third-order valence-corrected chi connectivity index (χ3v) is 6.74. The quantitative estimate of drug-likeness (QED) is 0.316. The largest absolute Gasteiger partial charge is 0.462 e. The number of aliphatic hydroxyl groups is 1. The lowest BCUT2D eigenvalue weighted by molar-refractivity contribution is -0.149. The summed E-state index contributed by atoms with van der Waals surface area (Å²) in [5, 5.41) is 13.0. The third-order valence-electron chi connectivity index (χ3n) is 5.10. The maximum atomic E-state index is 13.5. The number of esters is 1. The van der Waals surface area contributed by atoms with Crippen LogP contribution in [0.3, 0.4) is 0 Å². The molecule has 1 fully saturated rings. The molecule has 0 amide bonds. The molecule has 0 radical (unpaired) electrons. The first-order valence-electron chi connectivity index (χ1n) is 11.1. The average Bonchev–Trinajstić information content (AvgIpc) is 3.15. The van der Waals surface area contributed by atoms with Crippen LogP contribution in [0.2, 0.25) is 0 Å². The Kier molecular flexibility index (Phi) is 8.68. The summed E-state index contributed by atoms with van der Waals surface area (Å²) in [6.45, 7) is 5.99. The van der Waals surface area contributed by atoms with Crippen LogP contribution in [0.4, 0.5) is 0 Å². The molecule has 1 saturated heterocycles. The number of para-hydroxylation sites is 1. The standard InChI is InChI=1S/C22H30N3O9P/c1-13(2)32-21(28)15(4)24-35(30,34-16-8-6-5-7-9-16)31-12-18-17(26)10-19(33-18)25-11-14(3)20(27)23-22(25)29/h5-9,11,13,15,17-19,26H,10,12H2,1-4H3,(H,24,30)(H,23,27,29)/t15-,17?,18+,19+,35?/m0/s1. The van der Waals surface area contributed by atoms with E-state index in [-0.39, 0.29) is 24.9 Å². The van der Waals surface area contributed by atoms with Crippen LogP contribution in [-0.2, 0) is 23.4 Å². The SMILES string of the molecule is Cc1cn([C@H]2CC(O)[C@@H](COP(=O)(N[C@@H](C)C(=O)OC(C)C)Oc3ccccc3)O2)c(=O)[nH]c1=O. The smallest absolute Gasteiger partial charge is 0.459 e. The number of benzene rings is 1. The van der Waals surface area contributed by atoms with Crippen LogP contribution in [-0.4, -0.2) is 51.6 Å². The number of aliphatic hydroxyl groups excluding tert-OH is 1. The first-order valence-corrected chi connectivity index (χ1v) is 12.6. The second kappa shape index (κ2) is 11.3. The van der Waals surface area contributed by atoms with E-state index in [1.165, 1.54) is 24.6 Å². The van der Waals surface area contributed by atoms with E-state index in [0.29, 0.717) is 5.56 Å². The van der Waals surface area contributed by atoms with E-state index in [2.05, 4.69) is 10.1 Å². The van der Waals surface area contributed by atoms with Crippen molar-refractivity contribution in [1.29, 1.82) is 0 Å². The van der Waals surface area contributed by atoms with Gasteiger partial charge in [0.2, 0.25) is 0 Å².